The molecule has 1 amide bonds. The van der Waals surface area contributed by atoms with Gasteiger partial charge in [-0.1, -0.05) is 60.2 Å². The van der Waals surface area contributed by atoms with E-state index in [1.165, 1.54) is 27.8 Å². The fourth-order valence-corrected chi connectivity index (χ4v) is 5.23. The third-order valence-electron chi connectivity index (χ3n) is 6.23. The molecule has 0 saturated carbocycles. The monoisotopic (exact) mass is 373 g/mol. The molecule has 2 heterocycles. The van der Waals surface area contributed by atoms with Gasteiger partial charge in [0.1, 0.15) is 5.60 Å². The molecule has 0 spiro atoms. The second-order valence-corrected chi connectivity index (χ2v) is 9.24. The van der Waals surface area contributed by atoms with Crippen LogP contribution in [0.4, 0.5) is 4.79 Å². The highest BCUT2D eigenvalue weighted by molar-refractivity contribution is 5.80. The lowest BCUT2D eigenvalue weighted by Crippen LogP contribution is -2.46. The Morgan fingerprint density at radius 1 is 0.964 bits per heavy atom. The van der Waals surface area contributed by atoms with Crippen molar-refractivity contribution in [1.82, 2.24) is 4.90 Å². The van der Waals surface area contributed by atoms with Crippen LogP contribution in [0.1, 0.15) is 57.1 Å². The molecule has 3 nitrogen and oxygen atoms in total. The topological polar surface area (TPSA) is 29.5 Å². The summed E-state index contributed by atoms with van der Waals surface area (Å²) in [6.07, 6.45) is 5.21. The van der Waals surface area contributed by atoms with Crippen LogP contribution in [0.2, 0.25) is 0 Å². The van der Waals surface area contributed by atoms with E-state index in [4.69, 9.17) is 4.74 Å². The Balaban J connectivity index is 1.51. The van der Waals surface area contributed by atoms with Crippen molar-refractivity contribution < 1.29 is 9.53 Å². The SMILES string of the molecule is CC(C)(C)OC(=O)N1C2C=C(C3c4ccccc4-c4ccccc43)CC1CC2. The highest BCUT2D eigenvalue weighted by Gasteiger charge is 2.44. The number of hydrogen-bond donors (Lipinski definition) is 0. The molecule has 3 aliphatic rings. The lowest BCUT2D eigenvalue weighted by Gasteiger charge is -2.37. The Bertz CT molecular complexity index is 923. The fraction of sp³-hybridized carbons (Fsp3) is 0.400. The van der Waals surface area contributed by atoms with E-state index >= 15 is 0 Å². The van der Waals surface area contributed by atoms with Crippen molar-refractivity contribution in [3.63, 3.8) is 0 Å². The molecular formula is C25H27NO2. The molecule has 0 N–H and O–H groups in total. The number of amides is 1. The lowest BCUT2D eigenvalue weighted by atomic mass is 9.83. The molecule has 1 fully saturated rings. The number of fused-ring (bicyclic) bond motifs is 5. The van der Waals surface area contributed by atoms with Gasteiger partial charge in [0.05, 0.1) is 6.04 Å². The molecule has 1 aliphatic carbocycles. The average Bonchev–Trinajstić information content (AvgIpc) is 3.12. The highest BCUT2D eigenvalue weighted by Crippen LogP contribution is 2.51. The summed E-state index contributed by atoms with van der Waals surface area (Å²) in [6, 6.07) is 17.9. The van der Waals surface area contributed by atoms with Crippen molar-refractivity contribution in [3.05, 3.63) is 71.3 Å². The zero-order chi connectivity index (χ0) is 19.5. The number of nitrogens with zero attached hydrogens (tertiary/aromatic N) is 1. The van der Waals surface area contributed by atoms with Crippen molar-refractivity contribution in [2.75, 3.05) is 0 Å². The number of hydrogen-bond acceptors (Lipinski definition) is 2. The molecule has 5 rings (SSSR count). The van der Waals surface area contributed by atoms with Crippen LogP contribution in [0.3, 0.4) is 0 Å². The van der Waals surface area contributed by atoms with Gasteiger partial charge in [-0.15, -0.1) is 0 Å². The molecule has 2 aliphatic heterocycles. The van der Waals surface area contributed by atoms with Crippen molar-refractivity contribution in [1.29, 1.82) is 0 Å². The second-order valence-electron chi connectivity index (χ2n) is 9.24. The molecule has 2 aromatic rings. The van der Waals surface area contributed by atoms with Crippen molar-refractivity contribution in [3.8, 4) is 11.1 Å². The van der Waals surface area contributed by atoms with Gasteiger partial charge < -0.3 is 4.74 Å². The predicted molar refractivity (Wildman–Crippen MR) is 111 cm³/mol. The van der Waals surface area contributed by atoms with Crippen molar-refractivity contribution >= 4 is 6.09 Å². The minimum Gasteiger partial charge on any atom is -0.444 e. The van der Waals surface area contributed by atoms with Crippen molar-refractivity contribution in [2.24, 2.45) is 0 Å². The van der Waals surface area contributed by atoms with E-state index in [0.29, 0.717) is 5.92 Å². The summed E-state index contributed by atoms with van der Waals surface area (Å²) in [7, 11) is 0. The maximum atomic E-state index is 12.8. The van der Waals surface area contributed by atoms with E-state index < -0.39 is 5.60 Å². The van der Waals surface area contributed by atoms with E-state index in [-0.39, 0.29) is 18.2 Å². The van der Waals surface area contributed by atoms with E-state index in [1.807, 2.05) is 25.7 Å². The maximum Gasteiger partial charge on any atom is 0.411 e. The van der Waals surface area contributed by atoms with Crippen molar-refractivity contribution in [2.45, 2.75) is 63.6 Å². The van der Waals surface area contributed by atoms with Crippen LogP contribution in [-0.2, 0) is 4.74 Å². The fourth-order valence-electron chi connectivity index (χ4n) is 5.23. The minimum atomic E-state index is -0.455. The van der Waals surface area contributed by atoms with Crippen LogP contribution in [0, 0.1) is 0 Å². The number of benzene rings is 2. The largest absolute Gasteiger partial charge is 0.444 e. The molecule has 2 atom stereocenters. The van der Waals surface area contributed by atoms with Gasteiger partial charge in [0, 0.05) is 12.0 Å². The summed E-state index contributed by atoms with van der Waals surface area (Å²) < 4.78 is 5.69. The number of ether oxygens (including phenoxy) is 1. The quantitative estimate of drug-likeness (QED) is 0.583. The Morgan fingerprint density at radius 3 is 2.14 bits per heavy atom. The van der Waals surface area contributed by atoms with E-state index in [1.54, 1.807) is 0 Å². The van der Waals surface area contributed by atoms with Gasteiger partial charge >= 0.3 is 6.09 Å². The lowest BCUT2D eigenvalue weighted by molar-refractivity contribution is 0.0166. The standard InChI is InChI=1S/C25H27NO2/c1-25(2,3)28-24(27)26-17-12-13-18(26)15-16(14-17)23-21-10-6-4-8-19(21)20-9-5-7-11-22(20)23/h4-11,14,17-18,23H,12-13,15H2,1-3H3. The zero-order valence-electron chi connectivity index (χ0n) is 16.8. The predicted octanol–water partition coefficient (Wildman–Crippen LogP) is 5.90. The summed E-state index contributed by atoms with van der Waals surface area (Å²) in [4.78, 5) is 14.8. The number of carbonyl (C=O) groups is 1. The molecule has 0 radical (unpaired) electrons. The molecule has 2 unspecified atom stereocenters. The molecule has 1 saturated heterocycles. The van der Waals surface area contributed by atoms with Crippen LogP contribution < -0.4 is 0 Å². The van der Waals surface area contributed by atoms with Crippen LogP contribution >= 0.6 is 0 Å². The highest BCUT2D eigenvalue weighted by atomic mass is 16.6. The summed E-state index contributed by atoms with van der Waals surface area (Å²) in [5.41, 5.74) is 6.52. The second kappa shape index (κ2) is 6.23. The van der Waals surface area contributed by atoms with Gasteiger partial charge in [-0.3, -0.25) is 4.90 Å². The Morgan fingerprint density at radius 2 is 1.57 bits per heavy atom. The van der Waals surface area contributed by atoms with E-state index in [9.17, 15) is 4.79 Å². The molecular weight excluding hydrogens is 346 g/mol. The maximum absolute atomic E-state index is 12.8. The molecule has 3 heteroatoms. The summed E-state index contributed by atoms with van der Waals surface area (Å²) in [5, 5.41) is 0. The summed E-state index contributed by atoms with van der Waals surface area (Å²) in [5.74, 6) is 0.316. The summed E-state index contributed by atoms with van der Waals surface area (Å²) in [6.45, 7) is 5.80. The Labute approximate surface area is 167 Å². The molecule has 2 aromatic carbocycles. The Hall–Kier alpha value is -2.55. The summed E-state index contributed by atoms with van der Waals surface area (Å²) >= 11 is 0. The smallest absolute Gasteiger partial charge is 0.411 e. The molecule has 28 heavy (non-hydrogen) atoms. The molecule has 2 bridgehead atoms. The first-order valence-corrected chi connectivity index (χ1v) is 10.3. The number of carbonyl (C=O) groups excluding carboxylic acids is 1. The third kappa shape index (κ3) is 2.76. The van der Waals surface area contributed by atoms with Gasteiger partial charge in [0.15, 0.2) is 0 Å². The van der Waals surface area contributed by atoms with Gasteiger partial charge in [-0.25, -0.2) is 4.79 Å². The Kier molecular flexibility index (Phi) is 3.90. The van der Waals surface area contributed by atoms with Gasteiger partial charge in [-0.2, -0.15) is 0 Å². The third-order valence-corrected chi connectivity index (χ3v) is 6.23. The van der Waals surface area contributed by atoms with E-state index in [0.717, 1.165) is 19.3 Å². The average molecular weight is 373 g/mol. The first kappa shape index (κ1) is 17.5. The van der Waals surface area contributed by atoms with Crippen LogP contribution in [0.25, 0.3) is 11.1 Å². The zero-order valence-corrected chi connectivity index (χ0v) is 16.8. The molecule has 144 valence electrons. The van der Waals surface area contributed by atoms with Gasteiger partial charge in [0.2, 0.25) is 0 Å². The van der Waals surface area contributed by atoms with Crippen LogP contribution in [0.5, 0.6) is 0 Å². The van der Waals surface area contributed by atoms with Gasteiger partial charge in [0.25, 0.3) is 0 Å². The van der Waals surface area contributed by atoms with Crippen LogP contribution in [0.15, 0.2) is 60.2 Å². The minimum absolute atomic E-state index is 0.156. The first-order valence-electron chi connectivity index (χ1n) is 10.3. The normalized spacial score (nSPS) is 23.2. The first-order chi connectivity index (χ1) is 13.4. The van der Waals surface area contributed by atoms with Gasteiger partial charge in [-0.05, 0) is 62.3 Å². The van der Waals surface area contributed by atoms with Crippen LogP contribution in [-0.4, -0.2) is 28.7 Å². The van der Waals surface area contributed by atoms with E-state index in [2.05, 4.69) is 54.6 Å². The number of rotatable bonds is 1. The molecule has 0 aromatic heterocycles.